The Morgan fingerprint density at radius 1 is 1.04 bits per heavy atom. The average Bonchev–Trinajstić information content (AvgIpc) is 3.38. The molecule has 0 saturated heterocycles. The summed E-state index contributed by atoms with van der Waals surface area (Å²) in [6, 6.07) is 10.9. The Morgan fingerprint density at radius 2 is 1.70 bits per heavy atom. The number of rotatable bonds is 4. The zero-order chi connectivity index (χ0) is 19.0. The highest BCUT2D eigenvalue weighted by Gasteiger charge is 2.30. The molecule has 0 radical (unpaired) electrons. The molecule has 0 unspecified atom stereocenters. The first-order valence-electron chi connectivity index (χ1n) is 8.33. The highest BCUT2D eigenvalue weighted by Crippen LogP contribution is 2.39. The highest BCUT2D eigenvalue weighted by molar-refractivity contribution is 6.04. The first-order chi connectivity index (χ1) is 12.9. The second-order valence-corrected chi connectivity index (χ2v) is 6.34. The third kappa shape index (κ3) is 3.84. The number of nitrogens with zero attached hydrogens (tertiary/aromatic N) is 2. The average molecular weight is 373 g/mol. The minimum absolute atomic E-state index is 0.282. The molecule has 0 atom stereocenters. The van der Waals surface area contributed by atoms with Crippen molar-refractivity contribution in [3.05, 3.63) is 65.5 Å². The van der Waals surface area contributed by atoms with Gasteiger partial charge in [0.25, 0.3) is 5.91 Å². The minimum atomic E-state index is -4.41. The first kappa shape index (κ1) is 17.3. The van der Waals surface area contributed by atoms with E-state index < -0.39 is 17.6 Å². The van der Waals surface area contributed by atoms with Crippen LogP contribution in [-0.4, -0.2) is 16.0 Å². The molecule has 1 fully saturated rings. The quantitative estimate of drug-likeness (QED) is 0.707. The van der Waals surface area contributed by atoms with E-state index in [1.54, 1.807) is 24.3 Å². The van der Waals surface area contributed by atoms with E-state index in [1.807, 2.05) is 0 Å². The normalized spacial score (nSPS) is 14.2. The van der Waals surface area contributed by atoms with Gasteiger partial charge in [0.15, 0.2) is 0 Å². The third-order valence-corrected chi connectivity index (χ3v) is 4.24. The molecule has 8 heteroatoms. The zero-order valence-electron chi connectivity index (χ0n) is 14.0. The van der Waals surface area contributed by atoms with Gasteiger partial charge in [0.1, 0.15) is 0 Å². The Bertz CT molecular complexity index is 959. The molecule has 3 aromatic rings. The van der Waals surface area contributed by atoms with E-state index in [9.17, 15) is 18.0 Å². The van der Waals surface area contributed by atoms with Crippen LogP contribution in [0.2, 0.25) is 0 Å². The van der Waals surface area contributed by atoms with Crippen molar-refractivity contribution in [2.24, 2.45) is 0 Å². The fourth-order valence-electron chi connectivity index (χ4n) is 2.57. The molecular formula is C19H14F3N3O2. The van der Waals surface area contributed by atoms with Gasteiger partial charge < -0.3 is 9.84 Å². The van der Waals surface area contributed by atoms with E-state index in [0.717, 1.165) is 30.5 Å². The summed E-state index contributed by atoms with van der Waals surface area (Å²) in [4.78, 5) is 16.6. The molecule has 1 amide bonds. The molecule has 1 aromatic heterocycles. The van der Waals surface area contributed by atoms with Crippen LogP contribution < -0.4 is 5.32 Å². The predicted molar refractivity (Wildman–Crippen MR) is 91.1 cm³/mol. The monoisotopic (exact) mass is 373 g/mol. The zero-order valence-corrected chi connectivity index (χ0v) is 14.0. The van der Waals surface area contributed by atoms with E-state index in [-0.39, 0.29) is 5.69 Å². The summed E-state index contributed by atoms with van der Waals surface area (Å²) in [6.07, 6.45) is -2.29. The number of nitrogens with one attached hydrogen (secondary N) is 1. The van der Waals surface area contributed by atoms with Gasteiger partial charge in [-0.25, -0.2) is 0 Å². The van der Waals surface area contributed by atoms with Crippen molar-refractivity contribution in [1.29, 1.82) is 0 Å². The molecule has 1 heterocycles. The van der Waals surface area contributed by atoms with Crippen LogP contribution in [0.4, 0.5) is 18.9 Å². The number of halogens is 3. The van der Waals surface area contributed by atoms with Crippen molar-refractivity contribution in [2.45, 2.75) is 24.9 Å². The smallest absolute Gasteiger partial charge is 0.339 e. The van der Waals surface area contributed by atoms with Crippen molar-refractivity contribution in [1.82, 2.24) is 10.1 Å². The van der Waals surface area contributed by atoms with E-state index in [0.29, 0.717) is 23.2 Å². The van der Waals surface area contributed by atoms with Gasteiger partial charge in [0, 0.05) is 22.7 Å². The summed E-state index contributed by atoms with van der Waals surface area (Å²) < 4.78 is 42.9. The molecule has 4 rings (SSSR count). The van der Waals surface area contributed by atoms with Gasteiger partial charge in [-0.2, -0.15) is 18.2 Å². The minimum Gasteiger partial charge on any atom is -0.339 e. The lowest BCUT2D eigenvalue weighted by Crippen LogP contribution is -2.12. The summed E-state index contributed by atoms with van der Waals surface area (Å²) in [6.45, 7) is 0. The van der Waals surface area contributed by atoms with Crippen molar-refractivity contribution in [2.75, 3.05) is 5.32 Å². The van der Waals surface area contributed by atoms with Crippen LogP contribution in [0.5, 0.6) is 0 Å². The number of carbonyl (C=O) groups is 1. The topological polar surface area (TPSA) is 68.0 Å². The van der Waals surface area contributed by atoms with Crippen LogP contribution >= 0.6 is 0 Å². The van der Waals surface area contributed by atoms with Crippen molar-refractivity contribution >= 4 is 11.6 Å². The molecule has 0 spiro atoms. The molecule has 27 heavy (non-hydrogen) atoms. The van der Waals surface area contributed by atoms with Gasteiger partial charge in [0.2, 0.25) is 11.7 Å². The molecule has 0 aliphatic heterocycles. The number of alkyl halides is 3. The lowest BCUT2D eigenvalue weighted by molar-refractivity contribution is -0.137. The molecular weight excluding hydrogens is 359 g/mol. The molecule has 1 aliphatic carbocycles. The van der Waals surface area contributed by atoms with Gasteiger partial charge >= 0.3 is 6.18 Å². The number of benzene rings is 2. The van der Waals surface area contributed by atoms with Crippen molar-refractivity contribution in [3.63, 3.8) is 0 Å². The lowest BCUT2D eigenvalue weighted by Gasteiger charge is -2.09. The Morgan fingerprint density at radius 3 is 2.30 bits per heavy atom. The molecule has 1 N–H and O–H groups in total. The Hall–Kier alpha value is -3.16. The van der Waals surface area contributed by atoms with Gasteiger partial charge in [-0.3, -0.25) is 4.79 Å². The number of carbonyl (C=O) groups excluding carboxylic acids is 1. The molecule has 5 nitrogen and oxygen atoms in total. The van der Waals surface area contributed by atoms with E-state index in [4.69, 9.17) is 4.52 Å². The van der Waals surface area contributed by atoms with E-state index in [1.165, 1.54) is 12.1 Å². The standard InChI is InChI=1S/C19H14F3N3O2/c20-19(21,22)14-7-9-15(10-8-14)23-17(26)12-3-1-11(2-4-12)16-24-18(27-25-16)13-5-6-13/h1-4,7-10,13H,5-6H2,(H,23,26). The van der Waals surface area contributed by atoms with Crippen molar-refractivity contribution in [3.8, 4) is 11.4 Å². The largest absolute Gasteiger partial charge is 0.416 e. The number of aromatic nitrogens is 2. The van der Waals surface area contributed by atoms with Gasteiger partial charge in [-0.05, 0) is 49.2 Å². The molecule has 1 saturated carbocycles. The third-order valence-electron chi connectivity index (χ3n) is 4.24. The second-order valence-electron chi connectivity index (χ2n) is 6.34. The van der Waals surface area contributed by atoms with Crippen LogP contribution in [0.1, 0.15) is 40.6 Å². The summed E-state index contributed by atoms with van der Waals surface area (Å²) in [5.74, 6) is 1.04. The van der Waals surface area contributed by atoms with Crippen LogP contribution in [-0.2, 0) is 6.18 Å². The maximum atomic E-state index is 12.6. The summed E-state index contributed by atoms with van der Waals surface area (Å²) >= 11 is 0. The number of hydrogen-bond donors (Lipinski definition) is 1. The Kier molecular flexibility index (Phi) is 4.18. The van der Waals surface area contributed by atoms with Crippen LogP contribution in [0.15, 0.2) is 53.1 Å². The predicted octanol–water partition coefficient (Wildman–Crippen LogP) is 4.89. The van der Waals surface area contributed by atoms with Crippen LogP contribution in [0.25, 0.3) is 11.4 Å². The van der Waals surface area contributed by atoms with E-state index in [2.05, 4.69) is 15.5 Å². The fourth-order valence-corrected chi connectivity index (χ4v) is 2.57. The highest BCUT2D eigenvalue weighted by atomic mass is 19.4. The molecule has 2 aromatic carbocycles. The number of amides is 1. The van der Waals surface area contributed by atoms with Gasteiger partial charge in [0.05, 0.1) is 5.56 Å². The van der Waals surface area contributed by atoms with Crippen LogP contribution in [0.3, 0.4) is 0 Å². The Labute approximate surface area is 152 Å². The summed E-state index contributed by atoms with van der Waals surface area (Å²) in [5.41, 5.74) is 0.598. The molecule has 138 valence electrons. The van der Waals surface area contributed by atoms with Gasteiger partial charge in [-0.15, -0.1) is 0 Å². The van der Waals surface area contributed by atoms with Gasteiger partial charge in [-0.1, -0.05) is 17.3 Å². The lowest BCUT2D eigenvalue weighted by atomic mass is 10.1. The SMILES string of the molecule is O=C(Nc1ccc(C(F)(F)F)cc1)c1ccc(-c2noc(C3CC3)n2)cc1. The number of hydrogen-bond acceptors (Lipinski definition) is 4. The maximum Gasteiger partial charge on any atom is 0.416 e. The summed E-state index contributed by atoms with van der Waals surface area (Å²) in [5, 5.41) is 6.51. The Balaban J connectivity index is 1.44. The maximum absolute atomic E-state index is 12.6. The van der Waals surface area contributed by atoms with Crippen molar-refractivity contribution < 1.29 is 22.5 Å². The number of anilines is 1. The molecule has 1 aliphatic rings. The second kappa shape index (κ2) is 6.53. The molecule has 0 bridgehead atoms. The van der Waals surface area contributed by atoms with Crippen LogP contribution in [0, 0.1) is 0 Å². The fraction of sp³-hybridized carbons (Fsp3) is 0.211. The first-order valence-corrected chi connectivity index (χ1v) is 8.33. The van der Waals surface area contributed by atoms with E-state index >= 15 is 0 Å². The summed E-state index contributed by atoms with van der Waals surface area (Å²) in [7, 11) is 0.